The van der Waals surface area contributed by atoms with E-state index in [-0.39, 0.29) is 18.4 Å². The summed E-state index contributed by atoms with van der Waals surface area (Å²) in [5.41, 5.74) is 2.04. The van der Waals surface area contributed by atoms with Crippen molar-refractivity contribution in [2.24, 2.45) is 0 Å². The maximum absolute atomic E-state index is 13.1. The number of amides is 2. The second-order valence-electron chi connectivity index (χ2n) is 7.03. The molecular formula is C23H28Cl2N2O3. The first-order valence-electron chi connectivity index (χ1n) is 10.1. The van der Waals surface area contributed by atoms with Gasteiger partial charge in [0, 0.05) is 18.1 Å². The lowest BCUT2D eigenvalue weighted by atomic mass is 10.1. The summed E-state index contributed by atoms with van der Waals surface area (Å²) >= 11 is 12.1. The number of halogens is 2. The first-order valence-corrected chi connectivity index (χ1v) is 10.8. The van der Waals surface area contributed by atoms with Crippen molar-refractivity contribution >= 4 is 35.0 Å². The summed E-state index contributed by atoms with van der Waals surface area (Å²) in [4.78, 5) is 27.5. The third-order valence-electron chi connectivity index (χ3n) is 4.78. The predicted molar refractivity (Wildman–Crippen MR) is 121 cm³/mol. The maximum Gasteiger partial charge on any atom is 0.261 e. The highest BCUT2D eigenvalue weighted by Gasteiger charge is 2.29. The molecule has 0 saturated carbocycles. The lowest BCUT2D eigenvalue weighted by molar-refractivity contribution is -0.143. The van der Waals surface area contributed by atoms with E-state index in [9.17, 15) is 9.59 Å². The largest absolute Gasteiger partial charge is 0.482 e. The van der Waals surface area contributed by atoms with Crippen LogP contribution in [0.5, 0.6) is 5.75 Å². The number of nitrogens with one attached hydrogen (secondary N) is 1. The van der Waals surface area contributed by atoms with Gasteiger partial charge in [-0.1, -0.05) is 61.3 Å². The fourth-order valence-electron chi connectivity index (χ4n) is 3.07. The van der Waals surface area contributed by atoms with Crippen LogP contribution in [0.4, 0.5) is 0 Å². The zero-order chi connectivity index (χ0) is 22.1. The summed E-state index contributed by atoms with van der Waals surface area (Å²) in [6.45, 7) is 6.52. The van der Waals surface area contributed by atoms with Gasteiger partial charge in [-0.2, -0.15) is 0 Å². The number of carbonyl (C=O) groups excluding carboxylic acids is 2. The molecule has 0 heterocycles. The van der Waals surface area contributed by atoms with E-state index in [1.807, 2.05) is 45.0 Å². The van der Waals surface area contributed by atoms with E-state index in [2.05, 4.69) is 5.32 Å². The Balaban J connectivity index is 2.22. The highest BCUT2D eigenvalue weighted by atomic mass is 35.5. The summed E-state index contributed by atoms with van der Waals surface area (Å²) in [6, 6.07) is 12.0. The van der Waals surface area contributed by atoms with Gasteiger partial charge in [-0.15, -0.1) is 0 Å². The Morgan fingerprint density at radius 2 is 1.87 bits per heavy atom. The van der Waals surface area contributed by atoms with Crippen molar-refractivity contribution in [3.63, 3.8) is 0 Å². The quantitative estimate of drug-likeness (QED) is 0.552. The fourth-order valence-corrected chi connectivity index (χ4v) is 3.53. The fraction of sp³-hybridized carbons (Fsp3) is 0.391. The number of carbonyl (C=O) groups is 2. The molecule has 0 aliphatic rings. The zero-order valence-electron chi connectivity index (χ0n) is 17.6. The molecule has 5 nitrogen and oxygen atoms in total. The Hall–Kier alpha value is -2.24. The van der Waals surface area contributed by atoms with E-state index < -0.39 is 6.04 Å². The van der Waals surface area contributed by atoms with Crippen LogP contribution in [0.2, 0.25) is 10.0 Å². The molecule has 0 aliphatic carbocycles. The van der Waals surface area contributed by atoms with Crippen LogP contribution in [0.15, 0.2) is 42.5 Å². The topological polar surface area (TPSA) is 58.6 Å². The lowest BCUT2D eigenvalue weighted by Gasteiger charge is -2.31. The molecule has 0 aliphatic heterocycles. The Morgan fingerprint density at radius 3 is 2.50 bits per heavy atom. The minimum Gasteiger partial charge on any atom is -0.482 e. The second kappa shape index (κ2) is 11.8. The van der Waals surface area contributed by atoms with Crippen LogP contribution in [0.25, 0.3) is 0 Å². The third-order valence-corrected chi connectivity index (χ3v) is 5.31. The van der Waals surface area contributed by atoms with Crippen molar-refractivity contribution < 1.29 is 14.3 Å². The predicted octanol–water partition coefficient (Wildman–Crippen LogP) is 5.01. The van der Waals surface area contributed by atoms with Crippen LogP contribution in [0, 0.1) is 6.92 Å². The first-order chi connectivity index (χ1) is 14.4. The van der Waals surface area contributed by atoms with E-state index in [1.54, 1.807) is 23.1 Å². The highest BCUT2D eigenvalue weighted by Crippen LogP contribution is 2.27. The van der Waals surface area contributed by atoms with Crippen molar-refractivity contribution in [2.45, 2.75) is 46.2 Å². The summed E-state index contributed by atoms with van der Waals surface area (Å²) in [5, 5.41) is 3.71. The van der Waals surface area contributed by atoms with Crippen LogP contribution in [-0.4, -0.2) is 35.9 Å². The molecule has 1 atom stereocenters. The molecule has 2 rings (SSSR count). The molecule has 0 radical (unpaired) electrons. The van der Waals surface area contributed by atoms with E-state index in [0.29, 0.717) is 35.3 Å². The highest BCUT2D eigenvalue weighted by molar-refractivity contribution is 6.35. The van der Waals surface area contributed by atoms with E-state index in [1.165, 1.54) is 0 Å². The normalized spacial score (nSPS) is 11.6. The van der Waals surface area contributed by atoms with Gasteiger partial charge in [0.15, 0.2) is 6.61 Å². The Kier molecular flexibility index (Phi) is 9.47. The number of rotatable bonds is 10. The Bertz CT molecular complexity index is 873. The van der Waals surface area contributed by atoms with Crippen LogP contribution < -0.4 is 10.1 Å². The van der Waals surface area contributed by atoms with Crippen LogP contribution in [-0.2, 0) is 16.1 Å². The van der Waals surface area contributed by atoms with Gasteiger partial charge in [0.1, 0.15) is 11.8 Å². The minimum absolute atomic E-state index is 0.161. The van der Waals surface area contributed by atoms with Crippen LogP contribution >= 0.6 is 23.2 Å². The third kappa shape index (κ3) is 6.64. The van der Waals surface area contributed by atoms with Crippen molar-refractivity contribution in [1.29, 1.82) is 0 Å². The molecule has 0 spiro atoms. The van der Waals surface area contributed by atoms with Crippen molar-refractivity contribution in [3.05, 3.63) is 63.6 Å². The lowest BCUT2D eigenvalue weighted by Crippen LogP contribution is -2.50. The molecule has 0 bridgehead atoms. The van der Waals surface area contributed by atoms with E-state index >= 15 is 0 Å². The SMILES string of the molecule is CCCNC(=O)C(CC)N(Cc1ccccc1C)C(=O)COc1ccc(Cl)cc1Cl. The Labute approximate surface area is 188 Å². The smallest absolute Gasteiger partial charge is 0.261 e. The maximum atomic E-state index is 13.1. The van der Waals surface area contributed by atoms with Gasteiger partial charge < -0.3 is 15.0 Å². The molecule has 162 valence electrons. The van der Waals surface area contributed by atoms with Crippen LogP contribution in [0.1, 0.15) is 37.8 Å². The molecular weight excluding hydrogens is 423 g/mol. The van der Waals surface area contributed by atoms with E-state index in [4.69, 9.17) is 27.9 Å². The molecule has 2 aromatic rings. The average molecular weight is 451 g/mol. The molecule has 1 unspecified atom stereocenters. The molecule has 7 heteroatoms. The number of nitrogens with zero attached hydrogens (tertiary/aromatic N) is 1. The molecule has 0 fully saturated rings. The van der Waals surface area contributed by atoms with Crippen LogP contribution in [0.3, 0.4) is 0 Å². The minimum atomic E-state index is -0.590. The summed E-state index contributed by atoms with van der Waals surface area (Å²) < 4.78 is 5.64. The number of hydrogen-bond donors (Lipinski definition) is 1. The van der Waals surface area contributed by atoms with Gasteiger partial charge in [0.25, 0.3) is 5.91 Å². The molecule has 1 N–H and O–H groups in total. The van der Waals surface area contributed by atoms with Crippen molar-refractivity contribution in [2.75, 3.05) is 13.2 Å². The summed E-state index contributed by atoms with van der Waals surface area (Å²) in [7, 11) is 0. The second-order valence-corrected chi connectivity index (χ2v) is 7.87. The number of hydrogen-bond acceptors (Lipinski definition) is 3. The summed E-state index contributed by atoms with van der Waals surface area (Å²) in [6.07, 6.45) is 1.32. The van der Waals surface area contributed by atoms with Gasteiger partial charge in [-0.25, -0.2) is 0 Å². The van der Waals surface area contributed by atoms with Gasteiger partial charge in [0.05, 0.1) is 5.02 Å². The average Bonchev–Trinajstić information content (AvgIpc) is 2.72. The van der Waals surface area contributed by atoms with Gasteiger partial charge in [-0.05, 0) is 49.1 Å². The van der Waals surface area contributed by atoms with Gasteiger partial charge in [-0.3, -0.25) is 9.59 Å². The molecule has 2 amide bonds. The van der Waals surface area contributed by atoms with Gasteiger partial charge in [0.2, 0.25) is 5.91 Å². The zero-order valence-corrected chi connectivity index (χ0v) is 19.1. The standard InChI is InChI=1S/C23H28Cl2N2O3/c1-4-12-26-23(29)20(5-2)27(14-17-9-7-6-8-16(17)3)22(28)15-30-21-11-10-18(24)13-19(21)25/h6-11,13,20H,4-5,12,14-15H2,1-3H3,(H,26,29). The number of ether oxygens (including phenoxy) is 1. The number of benzene rings is 2. The Morgan fingerprint density at radius 1 is 1.13 bits per heavy atom. The molecule has 30 heavy (non-hydrogen) atoms. The monoisotopic (exact) mass is 450 g/mol. The number of aryl methyl sites for hydroxylation is 1. The van der Waals surface area contributed by atoms with Gasteiger partial charge >= 0.3 is 0 Å². The summed E-state index contributed by atoms with van der Waals surface area (Å²) in [5.74, 6) is -0.0812. The molecule has 0 saturated heterocycles. The first kappa shape index (κ1) is 24.0. The van der Waals surface area contributed by atoms with Crippen molar-refractivity contribution in [3.8, 4) is 5.75 Å². The van der Waals surface area contributed by atoms with Crippen molar-refractivity contribution in [1.82, 2.24) is 10.2 Å². The molecule has 0 aromatic heterocycles. The van der Waals surface area contributed by atoms with E-state index in [0.717, 1.165) is 17.5 Å². The molecule has 2 aromatic carbocycles.